The van der Waals surface area contributed by atoms with Gasteiger partial charge in [0.2, 0.25) is 0 Å². The number of benzene rings is 1. The maximum absolute atomic E-state index is 12.3. The van der Waals surface area contributed by atoms with Gasteiger partial charge < -0.3 is 4.74 Å². The number of nitrogens with zero attached hydrogens (tertiary/aromatic N) is 1. The zero-order chi connectivity index (χ0) is 14.4. The molecule has 20 heavy (non-hydrogen) atoms. The fourth-order valence-electron chi connectivity index (χ4n) is 2.75. The van der Waals surface area contributed by atoms with Crippen molar-refractivity contribution in [3.63, 3.8) is 0 Å². The normalized spacial score (nSPS) is 22.7. The Balaban J connectivity index is 2.16. The lowest BCUT2D eigenvalue weighted by molar-refractivity contribution is -0.151. The molecule has 0 aliphatic carbocycles. The van der Waals surface area contributed by atoms with Crippen LogP contribution in [-0.4, -0.2) is 30.1 Å². The molecule has 1 aromatic rings. The van der Waals surface area contributed by atoms with Gasteiger partial charge >= 0.3 is 5.97 Å². The van der Waals surface area contributed by atoms with Crippen molar-refractivity contribution in [2.45, 2.75) is 32.9 Å². The Hall–Kier alpha value is -1.61. The quantitative estimate of drug-likeness (QED) is 0.610. The van der Waals surface area contributed by atoms with Crippen LogP contribution >= 0.6 is 0 Å². The van der Waals surface area contributed by atoms with Crippen LogP contribution in [0.4, 0.5) is 0 Å². The summed E-state index contributed by atoms with van der Waals surface area (Å²) in [5.74, 6) is 0.145. The van der Waals surface area contributed by atoms with Gasteiger partial charge in [-0.15, -0.1) is 0 Å². The molecule has 108 valence electrons. The van der Waals surface area contributed by atoms with Gasteiger partial charge in [0, 0.05) is 19.0 Å². The monoisotopic (exact) mass is 273 g/mol. The van der Waals surface area contributed by atoms with Gasteiger partial charge in [0.15, 0.2) is 0 Å². The first-order chi connectivity index (χ1) is 9.76. The number of carbonyl (C=O) groups is 1. The average Bonchev–Trinajstić information content (AvgIpc) is 2.48. The lowest BCUT2D eigenvalue weighted by Crippen LogP contribution is -2.48. The first kappa shape index (κ1) is 14.8. The summed E-state index contributed by atoms with van der Waals surface area (Å²) in [4.78, 5) is 14.5. The van der Waals surface area contributed by atoms with Crippen LogP contribution in [0.25, 0.3) is 0 Å². The van der Waals surface area contributed by atoms with E-state index < -0.39 is 0 Å². The molecule has 1 unspecified atom stereocenters. The Morgan fingerprint density at radius 1 is 1.30 bits per heavy atom. The maximum atomic E-state index is 12.3. The average molecular weight is 273 g/mol. The van der Waals surface area contributed by atoms with Crippen molar-refractivity contribution < 1.29 is 9.53 Å². The Morgan fingerprint density at radius 3 is 2.70 bits per heavy atom. The second-order valence-corrected chi connectivity index (χ2v) is 5.11. The molecule has 0 spiro atoms. The Bertz CT molecular complexity index is 455. The highest BCUT2D eigenvalue weighted by Crippen LogP contribution is 2.24. The van der Waals surface area contributed by atoms with Crippen molar-refractivity contribution in [2.75, 3.05) is 13.2 Å². The highest BCUT2D eigenvalue weighted by molar-refractivity contribution is 5.76. The van der Waals surface area contributed by atoms with Crippen molar-refractivity contribution in [1.82, 2.24) is 4.90 Å². The molecular formula is C17H23NO2. The molecule has 0 radical (unpaired) electrons. The summed E-state index contributed by atoms with van der Waals surface area (Å²) in [7, 11) is 0. The molecule has 3 heteroatoms. The molecule has 0 amide bonds. The fraction of sp³-hybridized carbons (Fsp3) is 0.471. The van der Waals surface area contributed by atoms with E-state index in [1.807, 2.05) is 25.1 Å². The van der Waals surface area contributed by atoms with E-state index in [-0.39, 0.29) is 17.9 Å². The van der Waals surface area contributed by atoms with Crippen molar-refractivity contribution >= 4 is 5.97 Å². The predicted molar refractivity (Wildman–Crippen MR) is 80.2 cm³/mol. The summed E-state index contributed by atoms with van der Waals surface area (Å²) in [6.07, 6.45) is 5.27. The van der Waals surface area contributed by atoms with Gasteiger partial charge in [-0.25, -0.2) is 0 Å². The summed E-state index contributed by atoms with van der Waals surface area (Å²) in [6.45, 7) is 6.00. The molecule has 2 atom stereocenters. The van der Waals surface area contributed by atoms with Crippen LogP contribution in [0.5, 0.6) is 0 Å². The number of hydrogen-bond acceptors (Lipinski definition) is 3. The van der Waals surface area contributed by atoms with Crippen molar-refractivity contribution in [1.29, 1.82) is 0 Å². The van der Waals surface area contributed by atoms with E-state index in [4.69, 9.17) is 4.74 Å². The summed E-state index contributed by atoms with van der Waals surface area (Å²) in [5, 5.41) is 0. The fourth-order valence-corrected chi connectivity index (χ4v) is 2.75. The third-order valence-electron chi connectivity index (χ3n) is 3.75. The lowest BCUT2D eigenvalue weighted by atomic mass is 9.91. The molecule has 0 aromatic heterocycles. The van der Waals surface area contributed by atoms with E-state index in [9.17, 15) is 4.79 Å². The molecule has 0 bridgehead atoms. The molecule has 1 heterocycles. The molecule has 0 saturated carbocycles. The second-order valence-electron chi connectivity index (χ2n) is 5.11. The largest absolute Gasteiger partial charge is 0.465 e. The standard InChI is InChI=1S/C17H23NO2/c1-3-15-11-8-12-18(16(15)17(19)20-4-2)13-14-9-6-5-7-10-14/h5-11,15-16H,3-4,12-13H2,1-2H3/t15-,16?/m0/s1. The summed E-state index contributed by atoms with van der Waals surface area (Å²) in [5.41, 5.74) is 1.23. The van der Waals surface area contributed by atoms with Gasteiger partial charge in [-0.3, -0.25) is 9.69 Å². The molecular weight excluding hydrogens is 250 g/mol. The van der Waals surface area contributed by atoms with Crippen molar-refractivity contribution in [3.8, 4) is 0 Å². The zero-order valence-electron chi connectivity index (χ0n) is 12.3. The molecule has 0 N–H and O–H groups in total. The van der Waals surface area contributed by atoms with E-state index in [2.05, 4.69) is 36.1 Å². The summed E-state index contributed by atoms with van der Waals surface area (Å²) in [6, 6.07) is 10.1. The number of hydrogen-bond donors (Lipinski definition) is 0. The molecule has 3 nitrogen and oxygen atoms in total. The van der Waals surface area contributed by atoms with Gasteiger partial charge in [-0.1, -0.05) is 49.4 Å². The number of carbonyl (C=O) groups excluding carboxylic acids is 1. The molecule has 0 saturated heterocycles. The highest BCUT2D eigenvalue weighted by atomic mass is 16.5. The smallest absolute Gasteiger partial charge is 0.323 e. The third-order valence-corrected chi connectivity index (χ3v) is 3.75. The lowest BCUT2D eigenvalue weighted by Gasteiger charge is -2.36. The van der Waals surface area contributed by atoms with Crippen LogP contribution in [-0.2, 0) is 16.1 Å². The van der Waals surface area contributed by atoms with Crippen LogP contribution in [0, 0.1) is 5.92 Å². The second kappa shape index (κ2) is 7.25. The Labute approximate surface area is 121 Å². The van der Waals surface area contributed by atoms with E-state index >= 15 is 0 Å². The molecule has 0 fully saturated rings. The van der Waals surface area contributed by atoms with Gasteiger partial charge in [-0.2, -0.15) is 0 Å². The SMILES string of the molecule is CCOC(=O)C1[C@@H](CC)C=CCN1Cc1ccccc1. The first-order valence-electron chi connectivity index (χ1n) is 7.37. The maximum Gasteiger partial charge on any atom is 0.323 e. The molecule has 1 aliphatic rings. The predicted octanol–water partition coefficient (Wildman–Crippen LogP) is 3.02. The topological polar surface area (TPSA) is 29.5 Å². The zero-order valence-corrected chi connectivity index (χ0v) is 12.3. The van der Waals surface area contributed by atoms with E-state index in [1.165, 1.54) is 5.56 Å². The van der Waals surface area contributed by atoms with Gasteiger partial charge in [0.05, 0.1) is 6.61 Å². The molecule has 2 rings (SSSR count). The summed E-state index contributed by atoms with van der Waals surface area (Å²) < 4.78 is 5.27. The minimum Gasteiger partial charge on any atom is -0.465 e. The van der Waals surface area contributed by atoms with E-state index in [0.717, 1.165) is 19.5 Å². The van der Waals surface area contributed by atoms with Crippen LogP contribution in [0.2, 0.25) is 0 Å². The number of ether oxygens (including phenoxy) is 1. The van der Waals surface area contributed by atoms with Gasteiger partial charge in [0.1, 0.15) is 6.04 Å². The van der Waals surface area contributed by atoms with Crippen molar-refractivity contribution in [3.05, 3.63) is 48.0 Å². The van der Waals surface area contributed by atoms with Crippen molar-refractivity contribution in [2.24, 2.45) is 5.92 Å². The van der Waals surface area contributed by atoms with E-state index in [0.29, 0.717) is 6.61 Å². The minimum absolute atomic E-state index is 0.0976. The Kier molecular flexibility index (Phi) is 5.36. The van der Waals surface area contributed by atoms with Gasteiger partial charge in [0.25, 0.3) is 0 Å². The van der Waals surface area contributed by atoms with Crippen LogP contribution < -0.4 is 0 Å². The third kappa shape index (κ3) is 3.48. The van der Waals surface area contributed by atoms with Gasteiger partial charge in [-0.05, 0) is 18.9 Å². The van der Waals surface area contributed by atoms with Crippen LogP contribution in [0.1, 0.15) is 25.8 Å². The minimum atomic E-state index is -0.162. The summed E-state index contributed by atoms with van der Waals surface area (Å²) >= 11 is 0. The molecule has 1 aromatic carbocycles. The van der Waals surface area contributed by atoms with Crippen LogP contribution in [0.15, 0.2) is 42.5 Å². The van der Waals surface area contributed by atoms with Crippen LogP contribution in [0.3, 0.4) is 0 Å². The van der Waals surface area contributed by atoms with E-state index in [1.54, 1.807) is 0 Å². The first-order valence-corrected chi connectivity index (χ1v) is 7.37. The highest BCUT2D eigenvalue weighted by Gasteiger charge is 2.34. The number of rotatable bonds is 5. The number of esters is 1. The Morgan fingerprint density at radius 2 is 2.05 bits per heavy atom. The molecule has 1 aliphatic heterocycles.